The second kappa shape index (κ2) is 6.73. The molecule has 0 aromatic heterocycles. The van der Waals surface area contributed by atoms with Gasteiger partial charge in [-0.05, 0) is 48.4 Å². The number of halogens is 1. The van der Waals surface area contributed by atoms with Crippen LogP contribution in [0, 0.1) is 0 Å². The van der Waals surface area contributed by atoms with E-state index in [1.165, 1.54) is 11.1 Å². The van der Waals surface area contributed by atoms with E-state index in [9.17, 15) is 0 Å². The molecular weight excluding hydrogens is 302 g/mol. The summed E-state index contributed by atoms with van der Waals surface area (Å²) in [5.74, 6) is 1.21. The Morgan fingerprint density at radius 3 is 2.63 bits per heavy atom. The fraction of sp³-hybridized carbons (Fsp3) is 0.250. The van der Waals surface area contributed by atoms with Crippen LogP contribution in [0.1, 0.15) is 17.0 Å². The average molecular weight is 320 g/mol. The molecule has 0 saturated heterocycles. The van der Waals surface area contributed by atoms with Gasteiger partial charge >= 0.3 is 0 Å². The quantitative estimate of drug-likeness (QED) is 0.911. The van der Waals surface area contributed by atoms with E-state index in [0.29, 0.717) is 12.5 Å². The van der Waals surface area contributed by atoms with Crippen LogP contribution in [-0.4, -0.2) is 13.7 Å². The Hall–Kier alpha value is -1.32. The highest BCUT2D eigenvalue weighted by Crippen LogP contribution is 2.24. The number of nitrogens with two attached hydrogens (primary N) is 1. The molecule has 0 amide bonds. The molecule has 1 atom stereocenters. The van der Waals surface area contributed by atoms with Crippen molar-refractivity contribution in [3.05, 3.63) is 64.1 Å². The van der Waals surface area contributed by atoms with Gasteiger partial charge in [-0.1, -0.05) is 40.2 Å². The van der Waals surface area contributed by atoms with Gasteiger partial charge in [-0.3, -0.25) is 0 Å². The topological polar surface area (TPSA) is 35.2 Å². The highest BCUT2D eigenvalue weighted by molar-refractivity contribution is 9.10. The van der Waals surface area contributed by atoms with Crippen LogP contribution in [0.15, 0.2) is 53.0 Å². The van der Waals surface area contributed by atoms with Gasteiger partial charge in [-0.25, -0.2) is 0 Å². The van der Waals surface area contributed by atoms with Gasteiger partial charge in [0.2, 0.25) is 0 Å². The van der Waals surface area contributed by atoms with Crippen molar-refractivity contribution >= 4 is 15.9 Å². The summed E-state index contributed by atoms with van der Waals surface area (Å²) in [6.07, 6.45) is 0.921. The second-order valence-electron chi connectivity index (χ2n) is 4.54. The van der Waals surface area contributed by atoms with Crippen LogP contribution < -0.4 is 10.5 Å². The van der Waals surface area contributed by atoms with E-state index in [1.807, 2.05) is 24.3 Å². The van der Waals surface area contributed by atoms with Gasteiger partial charge in [0.1, 0.15) is 5.75 Å². The molecule has 2 rings (SSSR count). The predicted molar refractivity (Wildman–Crippen MR) is 82.6 cm³/mol. The molecule has 1 unspecified atom stereocenters. The number of hydrogen-bond acceptors (Lipinski definition) is 2. The molecule has 0 saturated carbocycles. The first-order chi connectivity index (χ1) is 9.22. The minimum absolute atomic E-state index is 0.324. The minimum atomic E-state index is 0.324. The second-order valence-corrected chi connectivity index (χ2v) is 5.46. The maximum Gasteiger partial charge on any atom is 0.119 e. The molecule has 100 valence electrons. The maximum atomic E-state index is 5.93. The van der Waals surface area contributed by atoms with Gasteiger partial charge in [0.25, 0.3) is 0 Å². The van der Waals surface area contributed by atoms with Gasteiger partial charge in [0.05, 0.1) is 7.11 Å². The maximum absolute atomic E-state index is 5.93. The molecule has 0 radical (unpaired) electrons. The van der Waals surface area contributed by atoms with E-state index in [2.05, 4.69) is 40.2 Å². The third kappa shape index (κ3) is 3.82. The van der Waals surface area contributed by atoms with Crippen LogP contribution in [0.5, 0.6) is 5.75 Å². The first-order valence-electron chi connectivity index (χ1n) is 6.31. The van der Waals surface area contributed by atoms with Crippen LogP contribution in [0.2, 0.25) is 0 Å². The SMILES string of the molecule is COc1cccc(CC(CN)c2cccc(Br)c2)c1. The van der Waals surface area contributed by atoms with Crippen molar-refractivity contribution in [3.8, 4) is 5.75 Å². The van der Waals surface area contributed by atoms with Crippen LogP contribution in [0.3, 0.4) is 0 Å². The number of methoxy groups -OCH3 is 1. The fourth-order valence-corrected chi connectivity index (χ4v) is 2.60. The summed E-state index contributed by atoms with van der Waals surface area (Å²) in [6.45, 7) is 0.633. The third-order valence-electron chi connectivity index (χ3n) is 3.22. The van der Waals surface area contributed by atoms with E-state index < -0.39 is 0 Å². The lowest BCUT2D eigenvalue weighted by Gasteiger charge is -2.16. The Balaban J connectivity index is 2.18. The van der Waals surface area contributed by atoms with Crippen molar-refractivity contribution in [3.63, 3.8) is 0 Å². The zero-order chi connectivity index (χ0) is 13.7. The third-order valence-corrected chi connectivity index (χ3v) is 3.71. The molecule has 19 heavy (non-hydrogen) atoms. The smallest absolute Gasteiger partial charge is 0.119 e. The molecule has 0 aliphatic heterocycles. The summed E-state index contributed by atoms with van der Waals surface area (Å²) in [4.78, 5) is 0. The first-order valence-corrected chi connectivity index (χ1v) is 7.10. The Morgan fingerprint density at radius 2 is 1.95 bits per heavy atom. The van der Waals surface area contributed by atoms with Crippen molar-refractivity contribution in [2.75, 3.05) is 13.7 Å². The van der Waals surface area contributed by atoms with Crippen LogP contribution in [-0.2, 0) is 6.42 Å². The van der Waals surface area contributed by atoms with Crippen molar-refractivity contribution in [2.45, 2.75) is 12.3 Å². The molecule has 2 nitrogen and oxygen atoms in total. The lowest BCUT2D eigenvalue weighted by atomic mass is 9.92. The zero-order valence-corrected chi connectivity index (χ0v) is 12.6. The Kier molecular flexibility index (Phi) is 5.00. The lowest BCUT2D eigenvalue weighted by molar-refractivity contribution is 0.414. The van der Waals surface area contributed by atoms with Gasteiger partial charge in [0.15, 0.2) is 0 Å². The van der Waals surface area contributed by atoms with Crippen molar-refractivity contribution in [1.29, 1.82) is 0 Å². The highest BCUT2D eigenvalue weighted by Gasteiger charge is 2.11. The normalized spacial score (nSPS) is 12.2. The van der Waals surface area contributed by atoms with Crippen LogP contribution >= 0.6 is 15.9 Å². The van der Waals surface area contributed by atoms with Crippen LogP contribution in [0.25, 0.3) is 0 Å². The predicted octanol–water partition coefficient (Wildman–Crippen LogP) is 3.74. The summed E-state index contributed by atoms with van der Waals surface area (Å²) in [5.41, 5.74) is 8.44. The average Bonchev–Trinajstić information content (AvgIpc) is 2.45. The molecule has 0 bridgehead atoms. The molecular formula is C16H18BrNO. The largest absolute Gasteiger partial charge is 0.497 e. The zero-order valence-electron chi connectivity index (χ0n) is 11.0. The summed E-state index contributed by atoms with van der Waals surface area (Å²) < 4.78 is 6.35. The first kappa shape index (κ1) is 14.1. The number of hydrogen-bond donors (Lipinski definition) is 1. The Bertz CT molecular complexity index is 542. The highest BCUT2D eigenvalue weighted by atomic mass is 79.9. The number of ether oxygens (including phenoxy) is 1. The van der Waals surface area contributed by atoms with E-state index >= 15 is 0 Å². The lowest BCUT2D eigenvalue weighted by Crippen LogP contribution is -2.15. The van der Waals surface area contributed by atoms with Crippen molar-refractivity contribution < 1.29 is 4.74 Å². The standard InChI is InChI=1S/C16H18BrNO/c1-19-16-7-2-4-12(9-16)8-14(11-18)13-5-3-6-15(17)10-13/h2-7,9-10,14H,8,11,18H2,1H3. The number of rotatable bonds is 5. The van der Waals surface area contributed by atoms with Crippen LogP contribution in [0.4, 0.5) is 0 Å². The van der Waals surface area contributed by atoms with Crippen molar-refractivity contribution in [1.82, 2.24) is 0 Å². The Morgan fingerprint density at radius 1 is 1.16 bits per heavy atom. The summed E-state index contributed by atoms with van der Waals surface area (Å²) >= 11 is 3.51. The Labute approximate surface area is 122 Å². The number of benzene rings is 2. The van der Waals surface area contributed by atoms with E-state index in [1.54, 1.807) is 7.11 Å². The molecule has 2 aromatic rings. The summed E-state index contributed by atoms with van der Waals surface area (Å²) in [7, 11) is 1.69. The molecule has 0 spiro atoms. The molecule has 0 heterocycles. The fourth-order valence-electron chi connectivity index (χ4n) is 2.18. The van der Waals surface area contributed by atoms with E-state index in [-0.39, 0.29) is 0 Å². The van der Waals surface area contributed by atoms with Gasteiger partial charge in [-0.2, -0.15) is 0 Å². The molecule has 0 aliphatic carbocycles. The molecule has 0 fully saturated rings. The van der Waals surface area contributed by atoms with Gasteiger partial charge in [0, 0.05) is 10.4 Å². The molecule has 0 aliphatic rings. The minimum Gasteiger partial charge on any atom is -0.497 e. The summed E-state index contributed by atoms with van der Waals surface area (Å²) in [5, 5.41) is 0. The van der Waals surface area contributed by atoms with E-state index in [4.69, 9.17) is 10.5 Å². The van der Waals surface area contributed by atoms with Crippen molar-refractivity contribution in [2.24, 2.45) is 5.73 Å². The van der Waals surface area contributed by atoms with E-state index in [0.717, 1.165) is 16.6 Å². The monoisotopic (exact) mass is 319 g/mol. The summed E-state index contributed by atoms with van der Waals surface area (Å²) in [6, 6.07) is 16.5. The van der Waals surface area contributed by atoms with Gasteiger partial charge in [-0.15, -0.1) is 0 Å². The molecule has 2 aromatic carbocycles. The molecule has 2 N–H and O–H groups in total. The molecule has 3 heteroatoms. The van der Waals surface area contributed by atoms with Gasteiger partial charge < -0.3 is 10.5 Å².